The quantitative estimate of drug-likeness (QED) is 0.586. The van der Waals surface area contributed by atoms with E-state index in [9.17, 15) is 0 Å². The zero-order valence-electron chi connectivity index (χ0n) is 12.1. The minimum atomic E-state index is -0.158. The lowest BCUT2D eigenvalue weighted by molar-refractivity contribution is 0.413. The van der Waals surface area contributed by atoms with E-state index < -0.39 is 0 Å². The van der Waals surface area contributed by atoms with Crippen molar-refractivity contribution >= 4 is 17.6 Å². The third kappa shape index (κ3) is 4.14. The van der Waals surface area contributed by atoms with Crippen molar-refractivity contribution in [3.63, 3.8) is 0 Å². The van der Waals surface area contributed by atoms with Crippen molar-refractivity contribution < 1.29 is 9.47 Å². The Morgan fingerprint density at radius 3 is 2.18 bits per heavy atom. The van der Waals surface area contributed by atoms with Gasteiger partial charge in [-0.3, -0.25) is 0 Å². The average molecular weight is 299 g/mol. The minimum absolute atomic E-state index is 0.0502. The molecular formula is C15H17N5O2. The summed E-state index contributed by atoms with van der Waals surface area (Å²) in [5.41, 5.74) is 16.7. The molecule has 0 bridgehead atoms. The Morgan fingerprint density at radius 2 is 1.55 bits per heavy atom. The fraction of sp³-hybridized carbons (Fsp3) is 0.0667. The summed E-state index contributed by atoms with van der Waals surface area (Å²) in [6.45, 7) is 0. The highest BCUT2D eigenvalue weighted by molar-refractivity contribution is 5.93. The summed E-state index contributed by atoms with van der Waals surface area (Å²) < 4.78 is 10.9. The monoisotopic (exact) mass is 299 g/mol. The van der Waals surface area contributed by atoms with Crippen LogP contribution in [0.2, 0.25) is 0 Å². The molecule has 0 aliphatic rings. The van der Waals surface area contributed by atoms with Crippen LogP contribution in [0, 0.1) is 0 Å². The number of aliphatic imine (C=N–C) groups is 2. The average Bonchev–Trinajstić information content (AvgIpc) is 2.49. The van der Waals surface area contributed by atoms with Crippen molar-refractivity contribution in [1.82, 2.24) is 0 Å². The maximum Gasteiger partial charge on any atom is 0.223 e. The summed E-state index contributed by atoms with van der Waals surface area (Å²) in [4.78, 5) is 7.80. The van der Waals surface area contributed by atoms with Crippen LogP contribution < -0.4 is 26.7 Å². The van der Waals surface area contributed by atoms with E-state index in [0.29, 0.717) is 17.2 Å². The molecule has 0 atom stereocenters. The Balaban J connectivity index is 2.26. The first-order valence-electron chi connectivity index (χ1n) is 6.43. The van der Waals surface area contributed by atoms with E-state index in [0.717, 1.165) is 5.75 Å². The van der Waals surface area contributed by atoms with Crippen LogP contribution in [0.1, 0.15) is 0 Å². The number of nitrogens with zero attached hydrogens (tertiary/aromatic N) is 2. The number of benzene rings is 2. The minimum Gasteiger partial charge on any atom is -0.497 e. The molecule has 0 aliphatic heterocycles. The molecule has 7 heteroatoms. The Bertz CT molecular complexity index is 691. The molecule has 0 saturated heterocycles. The summed E-state index contributed by atoms with van der Waals surface area (Å²) in [6.07, 6.45) is 0. The summed E-state index contributed by atoms with van der Waals surface area (Å²) >= 11 is 0. The maximum absolute atomic E-state index is 5.79. The number of nitrogens with two attached hydrogens (primary N) is 3. The van der Waals surface area contributed by atoms with Gasteiger partial charge in [0.1, 0.15) is 17.2 Å². The lowest BCUT2D eigenvalue weighted by Gasteiger charge is -2.09. The van der Waals surface area contributed by atoms with E-state index in [1.54, 1.807) is 43.5 Å². The van der Waals surface area contributed by atoms with Gasteiger partial charge in [-0.1, -0.05) is 12.1 Å². The standard InChI is InChI=1S/C15H17N5O2/c1-21-10-6-8-11(9-7-10)22-13-5-3-2-4-12(13)19-15(18)20-14(16)17/h2-9H,1H3,(H6,16,17,18,19,20). The Kier molecular flexibility index (Phi) is 4.81. The molecule has 6 N–H and O–H groups in total. The van der Waals surface area contributed by atoms with E-state index in [4.69, 9.17) is 26.7 Å². The van der Waals surface area contributed by atoms with E-state index in [1.807, 2.05) is 12.1 Å². The molecule has 0 spiro atoms. The van der Waals surface area contributed by atoms with Crippen molar-refractivity contribution in [1.29, 1.82) is 0 Å². The summed E-state index contributed by atoms with van der Waals surface area (Å²) in [5, 5.41) is 0. The van der Waals surface area contributed by atoms with Crippen molar-refractivity contribution in [3.8, 4) is 17.2 Å². The summed E-state index contributed by atoms with van der Waals surface area (Å²) in [6, 6.07) is 14.3. The van der Waals surface area contributed by atoms with Gasteiger partial charge >= 0.3 is 0 Å². The second kappa shape index (κ2) is 6.98. The van der Waals surface area contributed by atoms with Crippen molar-refractivity contribution in [2.45, 2.75) is 0 Å². The van der Waals surface area contributed by atoms with Gasteiger partial charge in [0.25, 0.3) is 0 Å². The SMILES string of the molecule is COc1ccc(Oc2ccccc2N=C(N)N=C(N)N)cc1. The molecule has 0 saturated carbocycles. The molecular weight excluding hydrogens is 282 g/mol. The second-order valence-electron chi connectivity index (χ2n) is 4.25. The number of rotatable bonds is 4. The predicted octanol–water partition coefficient (Wildman–Crippen LogP) is 1.71. The fourth-order valence-corrected chi connectivity index (χ4v) is 1.69. The van der Waals surface area contributed by atoms with Crippen LogP contribution in [0.25, 0.3) is 0 Å². The molecule has 2 rings (SSSR count). The first kappa shape index (κ1) is 15.2. The molecule has 2 aromatic rings. The van der Waals surface area contributed by atoms with Gasteiger partial charge < -0.3 is 26.7 Å². The van der Waals surface area contributed by atoms with Crippen LogP contribution in [-0.2, 0) is 0 Å². The highest BCUT2D eigenvalue weighted by Crippen LogP contribution is 2.32. The molecule has 0 heterocycles. The molecule has 0 amide bonds. The number of para-hydroxylation sites is 2. The van der Waals surface area contributed by atoms with Crippen molar-refractivity contribution in [3.05, 3.63) is 48.5 Å². The van der Waals surface area contributed by atoms with Crippen LogP contribution >= 0.6 is 0 Å². The zero-order valence-corrected chi connectivity index (χ0v) is 12.1. The molecule has 0 radical (unpaired) electrons. The van der Waals surface area contributed by atoms with Crippen molar-refractivity contribution in [2.24, 2.45) is 27.2 Å². The molecule has 7 nitrogen and oxygen atoms in total. The molecule has 2 aromatic carbocycles. The van der Waals surface area contributed by atoms with Gasteiger partial charge in [-0.05, 0) is 36.4 Å². The third-order valence-electron chi connectivity index (χ3n) is 2.63. The van der Waals surface area contributed by atoms with Crippen LogP contribution in [0.4, 0.5) is 5.69 Å². The summed E-state index contributed by atoms with van der Waals surface area (Å²) in [7, 11) is 1.60. The largest absolute Gasteiger partial charge is 0.497 e. The first-order valence-corrected chi connectivity index (χ1v) is 6.43. The van der Waals surface area contributed by atoms with E-state index in [-0.39, 0.29) is 11.9 Å². The zero-order chi connectivity index (χ0) is 15.9. The van der Waals surface area contributed by atoms with Gasteiger partial charge in [-0.25, -0.2) is 4.99 Å². The van der Waals surface area contributed by atoms with Crippen molar-refractivity contribution in [2.75, 3.05) is 7.11 Å². The highest BCUT2D eigenvalue weighted by atomic mass is 16.5. The Labute approximate surface area is 128 Å². The topological polar surface area (TPSA) is 121 Å². The van der Waals surface area contributed by atoms with Gasteiger partial charge in [0.15, 0.2) is 11.7 Å². The van der Waals surface area contributed by atoms with E-state index in [1.165, 1.54) is 0 Å². The fourth-order valence-electron chi connectivity index (χ4n) is 1.69. The molecule has 0 aliphatic carbocycles. The van der Waals surface area contributed by atoms with Gasteiger partial charge in [0, 0.05) is 0 Å². The lowest BCUT2D eigenvalue weighted by Crippen LogP contribution is -2.26. The summed E-state index contributed by atoms with van der Waals surface area (Å²) in [5.74, 6) is 1.71. The highest BCUT2D eigenvalue weighted by Gasteiger charge is 2.05. The van der Waals surface area contributed by atoms with E-state index in [2.05, 4.69) is 9.98 Å². The first-order chi connectivity index (χ1) is 10.6. The molecule has 22 heavy (non-hydrogen) atoms. The van der Waals surface area contributed by atoms with Gasteiger partial charge in [0.05, 0.1) is 7.11 Å². The van der Waals surface area contributed by atoms with Gasteiger partial charge in [-0.15, -0.1) is 0 Å². The van der Waals surface area contributed by atoms with E-state index >= 15 is 0 Å². The van der Waals surface area contributed by atoms with Crippen LogP contribution in [0.5, 0.6) is 17.2 Å². The number of ether oxygens (including phenoxy) is 2. The molecule has 0 aromatic heterocycles. The van der Waals surface area contributed by atoms with Crippen LogP contribution in [-0.4, -0.2) is 19.0 Å². The number of guanidine groups is 2. The number of hydrogen-bond acceptors (Lipinski definition) is 3. The maximum atomic E-state index is 5.79. The second-order valence-corrected chi connectivity index (χ2v) is 4.25. The lowest BCUT2D eigenvalue weighted by atomic mass is 10.3. The predicted molar refractivity (Wildman–Crippen MR) is 86.6 cm³/mol. The molecule has 0 fully saturated rings. The normalized spacial score (nSPS) is 10.9. The molecule has 0 unspecified atom stereocenters. The van der Waals surface area contributed by atoms with Gasteiger partial charge in [0.2, 0.25) is 5.96 Å². The number of hydrogen-bond donors (Lipinski definition) is 3. The third-order valence-corrected chi connectivity index (χ3v) is 2.63. The van der Waals surface area contributed by atoms with Crippen LogP contribution in [0.3, 0.4) is 0 Å². The smallest absolute Gasteiger partial charge is 0.223 e. The van der Waals surface area contributed by atoms with Crippen LogP contribution in [0.15, 0.2) is 58.5 Å². The van der Waals surface area contributed by atoms with Gasteiger partial charge in [-0.2, -0.15) is 4.99 Å². The number of methoxy groups -OCH3 is 1. The Hall–Kier alpha value is -3.22. The Morgan fingerprint density at radius 1 is 0.909 bits per heavy atom. The molecule has 114 valence electrons.